The summed E-state index contributed by atoms with van der Waals surface area (Å²) < 4.78 is 13.4. The molecule has 0 amide bonds. The summed E-state index contributed by atoms with van der Waals surface area (Å²) in [7, 11) is 0. The molecule has 3 nitrogen and oxygen atoms in total. The van der Waals surface area contributed by atoms with Gasteiger partial charge in [-0.3, -0.25) is 0 Å². The molecule has 0 heterocycles. The normalized spacial score (nSPS) is 17.8. The average molecular weight is 276 g/mol. The van der Waals surface area contributed by atoms with Crippen molar-refractivity contribution in [1.82, 2.24) is 0 Å². The van der Waals surface area contributed by atoms with Crippen molar-refractivity contribution >= 4 is 15.9 Å². The van der Waals surface area contributed by atoms with Gasteiger partial charge in [0.2, 0.25) is 0 Å². The Morgan fingerprint density at radius 3 is 2.60 bits per heavy atom. The third-order valence-corrected chi connectivity index (χ3v) is 3.55. The zero-order chi connectivity index (χ0) is 11.2. The number of phenolic OH excluding ortho intramolecular Hbond substituents is 2. The first kappa shape index (κ1) is 10.7. The first-order chi connectivity index (χ1) is 6.93. The van der Waals surface area contributed by atoms with Crippen molar-refractivity contribution in [2.75, 3.05) is 0 Å². The molecule has 0 radical (unpaired) electrons. The van der Waals surface area contributed by atoms with Gasteiger partial charge in [0, 0.05) is 17.2 Å². The molecule has 5 heteroatoms. The molecular formula is C10H11BrFNO2. The third-order valence-electron chi connectivity index (χ3n) is 2.69. The molecule has 82 valence electrons. The highest BCUT2D eigenvalue weighted by Crippen LogP contribution is 2.43. The van der Waals surface area contributed by atoms with E-state index in [-0.39, 0.29) is 15.8 Å². The molecule has 1 aromatic rings. The van der Waals surface area contributed by atoms with Crippen LogP contribution in [0.25, 0.3) is 0 Å². The monoisotopic (exact) mass is 275 g/mol. The predicted molar refractivity (Wildman–Crippen MR) is 57.3 cm³/mol. The molecular weight excluding hydrogens is 265 g/mol. The Hall–Kier alpha value is -0.810. The standard InChI is InChI=1S/C10H11BrFNO2/c11-8-5(4-10(13)1-2-10)9(15)7(14)3-6(8)12/h3,14-15H,1-2,4,13H2. The fourth-order valence-electron chi connectivity index (χ4n) is 1.51. The molecule has 0 aliphatic heterocycles. The van der Waals surface area contributed by atoms with Crippen LogP contribution in [0.5, 0.6) is 11.5 Å². The highest BCUT2D eigenvalue weighted by molar-refractivity contribution is 9.10. The summed E-state index contributed by atoms with van der Waals surface area (Å²) in [5.41, 5.74) is 5.87. The van der Waals surface area contributed by atoms with Crippen LogP contribution in [0.4, 0.5) is 4.39 Å². The Kier molecular flexibility index (Phi) is 2.39. The molecule has 4 N–H and O–H groups in total. The van der Waals surface area contributed by atoms with Crippen LogP contribution in [0.2, 0.25) is 0 Å². The predicted octanol–water partition coefficient (Wildman–Crippen LogP) is 2.03. The van der Waals surface area contributed by atoms with E-state index >= 15 is 0 Å². The maximum Gasteiger partial charge on any atom is 0.162 e. The lowest BCUT2D eigenvalue weighted by Crippen LogP contribution is -2.24. The lowest BCUT2D eigenvalue weighted by molar-refractivity contribution is 0.392. The van der Waals surface area contributed by atoms with E-state index in [9.17, 15) is 14.6 Å². The fourth-order valence-corrected chi connectivity index (χ4v) is 1.95. The maximum atomic E-state index is 13.3. The molecule has 1 aromatic carbocycles. The van der Waals surface area contributed by atoms with E-state index in [0.717, 1.165) is 18.9 Å². The first-order valence-electron chi connectivity index (χ1n) is 4.61. The van der Waals surface area contributed by atoms with Crippen LogP contribution in [0, 0.1) is 5.82 Å². The van der Waals surface area contributed by atoms with Gasteiger partial charge in [0.25, 0.3) is 0 Å². The molecule has 1 saturated carbocycles. The van der Waals surface area contributed by atoms with Crippen molar-refractivity contribution in [2.45, 2.75) is 24.8 Å². The van der Waals surface area contributed by atoms with Gasteiger partial charge in [-0.1, -0.05) is 0 Å². The fraction of sp³-hybridized carbons (Fsp3) is 0.400. The van der Waals surface area contributed by atoms with E-state index in [1.54, 1.807) is 0 Å². The number of rotatable bonds is 2. The van der Waals surface area contributed by atoms with Gasteiger partial charge in [-0.25, -0.2) is 4.39 Å². The van der Waals surface area contributed by atoms with Crippen LogP contribution >= 0.6 is 15.9 Å². The molecule has 0 atom stereocenters. The summed E-state index contributed by atoms with van der Waals surface area (Å²) >= 11 is 3.04. The van der Waals surface area contributed by atoms with E-state index < -0.39 is 11.6 Å². The topological polar surface area (TPSA) is 66.5 Å². The van der Waals surface area contributed by atoms with Crippen LogP contribution in [0.15, 0.2) is 10.5 Å². The number of hydrogen-bond donors (Lipinski definition) is 3. The Bertz CT molecular complexity index is 392. The molecule has 0 unspecified atom stereocenters. The van der Waals surface area contributed by atoms with Crippen molar-refractivity contribution in [2.24, 2.45) is 5.73 Å². The third kappa shape index (κ3) is 1.94. The van der Waals surface area contributed by atoms with Crippen molar-refractivity contribution in [3.8, 4) is 11.5 Å². The highest BCUT2D eigenvalue weighted by Gasteiger charge is 2.39. The summed E-state index contributed by atoms with van der Waals surface area (Å²) in [6.07, 6.45) is 2.08. The van der Waals surface area contributed by atoms with E-state index in [1.165, 1.54) is 0 Å². The van der Waals surface area contributed by atoms with Crippen molar-refractivity contribution < 1.29 is 14.6 Å². The Balaban J connectivity index is 2.44. The zero-order valence-corrected chi connectivity index (χ0v) is 9.51. The van der Waals surface area contributed by atoms with E-state index in [2.05, 4.69) is 15.9 Å². The van der Waals surface area contributed by atoms with Crippen molar-refractivity contribution in [3.05, 3.63) is 21.9 Å². The smallest absolute Gasteiger partial charge is 0.162 e. The quantitative estimate of drug-likeness (QED) is 0.724. The molecule has 0 saturated heterocycles. The van der Waals surface area contributed by atoms with Gasteiger partial charge in [-0.2, -0.15) is 0 Å². The number of halogens is 2. The number of hydrogen-bond acceptors (Lipinski definition) is 3. The van der Waals surface area contributed by atoms with Gasteiger partial charge < -0.3 is 15.9 Å². The second kappa shape index (κ2) is 3.35. The SMILES string of the molecule is NC1(Cc2c(O)c(O)cc(F)c2Br)CC1. The summed E-state index contributed by atoms with van der Waals surface area (Å²) in [4.78, 5) is 0. The second-order valence-electron chi connectivity index (χ2n) is 4.06. The Morgan fingerprint density at radius 1 is 1.47 bits per heavy atom. The largest absolute Gasteiger partial charge is 0.504 e. The Morgan fingerprint density at radius 2 is 2.07 bits per heavy atom. The molecule has 1 aliphatic rings. The van der Waals surface area contributed by atoms with Crippen LogP contribution in [-0.2, 0) is 6.42 Å². The highest BCUT2D eigenvalue weighted by atomic mass is 79.9. The number of nitrogens with two attached hydrogens (primary N) is 1. The van der Waals surface area contributed by atoms with Gasteiger partial charge in [0.15, 0.2) is 11.5 Å². The van der Waals surface area contributed by atoms with Gasteiger partial charge in [-0.05, 0) is 35.2 Å². The molecule has 0 bridgehead atoms. The molecule has 0 aromatic heterocycles. The van der Waals surface area contributed by atoms with Crippen molar-refractivity contribution in [1.29, 1.82) is 0 Å². The van der Waals surface area contributed by atoms with Crippen LogP contribution in [0.1, 0.15) is 18.4 Å². The minimum absolute atomic E-state index is 0.175. The summed E-state index contributed by atoms with van der Waals surface area (Å²) in [5, 5.41) is 18.9. The molecule has 1 aliphatic carbocycles. The molecule has 0 spiro atoms. The lowest BCUT2D eigenvalue weighted by Gasteiger charge is -2.13. The maximum absolute atomic E-state index is 13.3. The second-order valence-corrected chi connectivity index (χ2v) is 4.85. The summed E-state index contributed by atoms with van der Waals surface area (Å²) in [5.74, 6) is -1.33. The van der Waals surface area contributed by atoms with E-state index in [1.807, 2.05) is 0 Å². The van der Waals surface area contributed by atoms with Crippen LogP contribution in [-0.4, -0.2) is 15.8 Å². The Labute approximate surface area is 94.8 Å². The molecule has 15 heavy (non-hydrogen) atoms. The zero-order valence-electron chi connectivity index (χ0n) is 7.93. The van der Waals surface area contributed by atoms with Crippen LogP contribution in [0.3, 0.4) is 0 Å². The van der Waals surface area contributed by atoms with Gasteiger partial charge in [0.1, 0.15) is 5.82 Å². The number of aromatic hydroxyl groups is 2. The van der Waals surface area contributed by atoms with Gasteiger partial charge in [-0.15, -0.1) is 0 Å². The lowest BCUT2D eigenvalue weighted by atomic mass is 10.0. The van der Waals surface area contributed by atoms with Gasteiger partial charge in [0.05, 0.1) is 4.47 Å². The average Bonchev–Trinajstić information content (AvgIpc) is 2.89. The van der Waals surface area contributed by atoms with Crippen molar-refractivity contribution in [3.63, 3.8) is 0 Å². The summed E-state index contributed by atoms with van der Waals surface area (Å²) in [6, 6.07) is 0.874. The number of benzene rings is 1. The van der Waals surface area contributed by atoms with Crippen LogP contribution < -0.4 is 5.73 Å². The summed E-state index contributed by atoms with van der Waals surface area (Å²) in [6.45, 7) is 0. The first-order valence-corrected chi connectivity index (χ1v) is 5.40. The van der Waals surface area contributed by atoms with Gasteiger partial charge >= 0.3 is 0 Å². The number of phenols is 2. The van der Waals surface area contributed by atoms with E-state index in [4.69, 9.17) is 5.73 Å². The molecule has 2 rings (SSSR count). The minimum atomic E-state index is -0.593. The molecule has 1 fully saturated rings. The van der Waals surface area contributed by atoms with E-state index in [0.29, 0.717) is 12.0 Å². The minimum Gasteiger partial charge on any atom is -0.504 e.